The van der Waals surface area contributed by atoms with Gasteiger partial charge in [0.1, 0.15) is 35.4 Å². The highest BCUT2D eigenvalue weighted by atomic mass is 32.1. The minimum absolute atomic E-state index is 0.00117. The van der Waals surface area contributed by atoms with Crippen LogP contribution in [0.4, 0.5) is 8.78 Å². The average Bonchev–Trinajstić information content (AvgIpc) is 3.70. The van der Waals surface area contributed by atoms with E-state index in [0.717, 1.165) is 34.3 Å². The molecule has 0 saturated heterocycles. The molecule has 2 aliphatic rings. The van der Waals surface area contributed by atoms with Crippen LogP contribution in [0.3, 0.4) is 0 Å². The van der Waals surface area contributed by atoms with E-state index in [1.54, 1.807) is 11.0 Å². The monoisotopic (exact) mass is 641 g/mol. The molecule has 234 valence electrons. The van der Waals surface area contributed by atoms with Gasteiger partial charge in [-0.2, -0.15) is 5.10 Å². The van der Waals surface area contributed by atoms with E-state index < -0.39 is 11.6 Å². The van der Waals surface area contributed by atoms with Gasteiger partial charge in [0.25, 0.3) is 5.91 Å². The summed E-state index contributed by atoms with van der Waals surface area (Å²) in [4.78, 5) is 31.9. The number of amides is 2. The lowest BCUT2D eigenvalue weighted by Gasteiger charge is -2.33. The smallest absolute Gasteiger partial charge is 0.251 e. The van der Waals surface area contributed by atoms with Crippen LogP contribution in [0.25, 0.3) is 43.9 Å². The normalized spacial score (nSPS) is 15.8. The Kier molecular flexibility index (Phi) is 7.61. The zero-order valence-electron chi connectivity index (χ0n) is 24.8. The van der Waals surface area contributed by atoms with Gasteiger partial charge in [0.15, 0.2) is 0 Å². The summed E-state index contributed by atoms with van der Waals surface area (Å²) in [5, 5.41) is 19.8. The molecule has 5 aromatic rings. The van der Waals surface area contributed by atoms with Crippen molar-refractivity contribution in [1.82, 2.24) is 25.0 Å². The molecule has 0 saturated carbocycles. The molecular weight excluding hydrogens is 612 g/mol. The van der Waals surface area contributed by atoms with Crippen molar-refractivity contribution < 1.29 is 28.2 Å². The topological polar surface area (TPSA) is 110 Å². The molecule has 0 radical (unpaired) electrons. The quantitative estimate of drug-likeness (QED) is 0.232. The number of carbonyl (C=O) groups is 2. The largest absolute Gasteiger partial charge is 0.490 e. The molecule has 12 heteroatoms. The average molecular weight is 642 g/mol. The van der Waals surface area contributed by atoms with Crippen LogP contribution in [0.5, 0.6) is 5.75 Å². The number of aromatic nitrogens is 3. The van der Waals surface area contributed by atoms with Gasteiger partial charge in [-0.3, -0.25) is 14.3 Å². The molecule has 2 aliphatic heterocycles. The number of benzene rings is 2. The molecule has 9 nitrogen and oxygen atoms in total. The molecule has 5 heterocycles. The first-order chi connectivity index (χ1) is 22.3. The van der Waals surface area contributed by atoms with E-state index in [9.17, 15) is 19.1 Å². The summed E-state index contributed by atoms with van der Waals surface area (Å²) in [5.74, 6) is -2.06. The Morgan fingerprint density at radius 3 is 2.85 bits per heavy atom. The van der Waals surface area contributed by atoms with E-state index in [2.05, 4.69) is 11.9 Å². The third kappa shape index (κ3) is 5.03. The van der Waals surface area contributed by atoms with Crippen LogP contribution >= 0.6 is 11.3 Å². The number of hydrogen-bond donors (Lipinski definition) is 2. The van der Waals surface area contributed by atoms with Crippen molar-refractivity contribution in [1.29, 1.82) is 0 Å². The van der Waals surface area contributed by atoms with Crippen LogP contribution in [0.1, 0.15) is 28.5 Å². The van der Waals surface area contributed by atoms with E-state index in [4.69, 9.17) is 14.8 Å². The highest BCUT2D eigenvalue weighted by Gasteiger charge is 2.31. The summed E-state index contributed by atoms with van der Waals surface area (Å²) in [6.45, 7) is 6.30. The first-order valence-corrected chi connectivity index (χ1v) is 15.7. The molecule has 3 aromatic heterocycles. The SMILES string of the molecule is C=CC(=O)N1Cc2cc(-c3nc(-c4ccc5c(c4)CCNC5=O)c4ccsc4c3-c3c(F)cc(F)cc3OCCO)nn2C[C@H]1C. The summed E-state index contributed by atoms with van der Waals surface area (Å²) in [7, 11) is 0. The Morgan fingerprint density at radius 2 is 2.04 bits per heavy atom. The molecule has 2 N–H and O–H groups in total. The number of aliphatic hydroxyl groups is 1. The highest BCUT2D eigenvalue weighted by Crippen LogP contribution is 2.47. The minimum atomic E-state index is -0.849. The van der Waals surface area contributed by atoms with Gasteiger partial charge < -0.3 is 20.1 Å². The van der Waals surface area contributed by atoms with Crippen LogP contribution in [-0.4, -0.2) is 62.4 Å². The maximum atomic E-state index is 15.9. The van der Waals surface area contributed by atoms with E-state index in [0.29, 0.717) is 59.0 Å². The second-order valence-corrected chi connectivity index (χ2v) is 12.2. The van der Waals surface area contributed by atoms with Gasteiger partial charge in [-0.15, -0.1) is 11.3 Å². The summed E-state index contributed by atoms with van der Waals surface area (Å²) >= 11 is 1.38. The molecule has 1 atom stereocenters. The van der Waals surface area contributed by atoms with Gasteiger partial charge in [0.05, 0.1) is 36.6 Å². The van der Waals surface area contributed by atoms with Crippen molar-refractivity contribution in [3.8, 4) is 39.5 Å². The number of aliphatic hydroxyl groups excluding tert-OH is 1. The molecule has 2 amide bonds. The standard InChI is InChI=1S/C34H29F2N5O4S/c1-3-28(43)40-17-22-15-26(39-41(22)16-18(40)2)32-30(29-25(36)13-21(35)14-27(29)45-10-9-42)33-24(7-11-46-33)31(38-32)20-4-5-23-19(12-20)6-8-37-34(23)44/h3-5,7,11-15,18,42H,1,6,8-10,16-17H2,2H3,(H,37,44)/t18-/m1/s1. The Bertz CT molecular complexity index is 2060. The van der Waals surface area contributed by atoms with Crippen molar-refractivity contribution in [3.63, 3.8) is 0 Å². The van der Waals surface area contributed by atoms with Crippen molar-refractivity contribution in [3.05, 3.63) is 89.0 Å². The lowest BCUT2D eigenvalue weighted by atomic mass is 9.93. The van der Waals surface area contributed by atoms with Crippen molar-refractivity contribution >= 4 is 33.2 Å². The molecule has 7 rings (SSSR count). The first-order valence-electron chi connectivity index (χ1n) is 14.8. The minimum Gasteiger partial charge on any atom is -0.490 e. The van der Waals surface area contributed by atoms with E-state index >= 15 is 4.39 Å². The van der Waals surface area contributed by atoms with E-state index in [1.807, 2.05) is 41.3 Å². The molecule has 46 heavy (non-hydrogen) atoms. The van der Waals surface area contributed by atoms with Crippen LogP contribution in [0.15, 0.2) is 60.5 Å². The second-order valence-electron chi connectivity index (χ2n) is 11.3. The molecule has 0 fully saturated rings. The lowest BCUT2D eigenvalue weighted by molar-refractivity contribution is -0.129. The second kappa shape index (κ2) is 11.8. The summed E-state index contributed by atoms with van der Waals surface area (Å²) in [5.41, 5.74) is 4.84. The summed E-state index contributed by atoms with van der Waals surface area (Å²) in [6, 6.07) is 11.1. The molecule has 0 spiro atoms. The zero-order chi connectivity index (χ0) is 32.1. The number of pyridine rings is 1. The van der Waals surface area contributed by atoms with E-state index in [-0.39, 0.29) is 42.4 Å². The molecule has 0 unspecified atom stereocenters. The first kappa shape index (κ1) is 29.8. The third-order valence-electron chi connectivity index (χ3n) is 8.39. The number of hydrogen-bond acceptors (Lipinski definition) is 7. The number of ether oxygens (including phenoxy) is 1. The predicted molar refractivity (Wildman–Crippen MR) is 170 cm³/mol. The molecule has 2 aromatic carbocycles. The highest BCUT2D eigenvalue weighted by molar-refractivity contribution is 7.18. The van der Waals surface area contributed by atoms with Gasteiger partial charge in [0.2, 0.25) is 5.91 Å². The van der Waals surface area contributed by atoms with Crippen LogP contribution in [0.2, 0.25) is 0 Å². The number of carbonyl (C=O) groups excluding carboxylic acids is 2. The third-order valence-corrected chi connectivity index (χ3v) is 9.33. The fourth-order valence-corrected chi connectivity index (χ4v) is 7.20. The molecule has 0 aliphatic carbocycles. The Hall–Kier alpha value is -4.94. The van der Waals surface area contributed by atoms with Crippen LogP contribution in [0, 0.1) is 11.6 Å². The maximum absolute atomic E-state index is 15.9. The van der Waals surface area contributed by atoms with Gasteiger partial charge in [-0.1, -0.05) is 12.6 Å². The predicted octanol–water partition coefficient (Wildman–Crippen LogP) is 5.35. The van der Waals surface area contributed by atoms with Crippen molar-refractivity contribution in [2.75, 3.05) is 19.8 Å². The lowest BCUT2D eigenvalue weighted by Crippen LogP contribution is -2.44. The Labute approximate surface area is 266 Å². The summed E-state index contributed by atoms with van der Waals surface area (Å²) in [6.07, 6.45) is 1.96. The number of thiophene rings is 1. The Morgan fingerprint density at radius 1 is 1.20 bits per heavy atom. The maximum Gasteiger partial charge on any atom is 0.251 e. The molecular formula is C34H29F2N5O4S. The number of nitrogens with zero attached hydrogens (tertiary/aromatic N) is 4. The van der Waals surface area contributed by atoms with E-state index in [1.165, 1.54) is 17.4 Å². The Balaban J connectivity index is 1.49. The van der Waals surface area contributed by atoms with Gasteiger partial charge in [-0.05, 0) is 54.6 Å². The fraction of sp³-hybridized carbons (Fsp3) is 0.235. The van der Waals surface area contributed by atoms with Gasteiger partial charge in [-0.25, -0.2) is 13.8 Å². The van der Waals surface area contributed by atoms with Crippen LogP contribution in [-0.2, 0) is 24.3 Å². The van der Waals surface area contributed by atoms with Crippen molar-refractivity contribution in [2.24, 2.45) is 0 Å². The fourth-order valence-electron chi connectivity index (χ4n) is 6.25. The summed E-state index contributed by atoms with van der Waals surface area (Å²) < 4.78 is 38.6. The number of halogens is 2. The number of rotatable bonds is 7. The van der Waals surface area contributed by atoms with Gasteiger partial charge >= 0.3 is 0 Å². The molecule has 0 bridgehead atoms. The van der Waals surface area contributed by atoms with Gasteiger partial charge in [0, 0.05) is 51.5 Å². The number of nitrogens with one attached hydrogen (secondary N) is 1. The zero-order valence-corrected chi connectivity index (χ0v) is 25.7. The van der Waals surface area contributed by atoms with Crippen molar-refractivity contribution in [2.45, 2.75) is 32.5 Å². The number of fused-ring (bicyclic) bond motifs is 3. The van der Waals surface area contributed by atoms with Crippen LogP contribution < -0.4 is 10.1 Å².